The van der Waals surface area contributed by atoms with E-state index in [1.54, 1.807) is 0 Å². The van der Waals surface area contributed by atoms with Crippen LogP contribution in [0.3, 0.4) is 0 Å². The van der Waals surface area contributed by atoms with Gasteiger partial charge >= 0.3 is 0 Å². The van der Waals surface area contributed by atoms with Crippen LogP contribution in [0.25, 0.3) is 0 Å². The van der Waals surface area contributed by atoms with Crippen LogP contribution in [0.15, 0.2) is 30.3 Å². The maximum Gasteiger partial charge on any atom is 0.241 e. The van der Waals surface area contributed by atoms with E-state index in [-0.39, 0.29) is 12.2 Å². The van der Waals surface area contributed by atoms with Crippen molar-refractivity contribution in [1.29, 1.82) is 0 Å². The minimum absolute atomic E-state index is 0.0114. The molecule has 3 heteroatoms. The topological polar surface area (TPSA) is 32.3 Å². The Morgan fingerprint density at radius 3 is 2.57 bits per heavy atom. The van der Waals surface area contributed by atoms with Crippen LogP contribution in [0.5, 0.6) is 0 Å². The summed E-state index contributed by atoms with van der Waals surface area (Å²) in [5.41, 5.74) is 1.20. The maximum atomic E-state index is 12.8. The van der Waals surface area contributed by atoms with Gasteiger partial charge in [0.05, 0.1) is 6.04 Å². The fourth-order valence-corrected chi connectivity index (χ4v) is 3.62. The molecule has 114 valence electrons. The number of nitrogens with one attached hydrogen (secondary N) is 1. The molecule has 1 saturated carbocycles. The summed E-state index contributed by atoms with van der Waals surface area (Å²) in [4.78, 5) is 15.0. The average molecular weight is 286 g/mol. The van der Waals surface area contributed by atoms with Crippen molar-refractivity contribution < 1.29 is 4.79 Å². The van der Waals surface area contributed by atoms with Gasteiger partial charge in [0, 0.05) is 6.04 Å². The smallest absolute Gasteiger partial charge is 0.241 e. The molecule has 0 bridgehead atoms. The monoisotopic (exact) mass is 286 g/mol. The molecule has 1 heterocycles. The molecule has 1 aliphatic heterocycles. The number of benzene rings is 1. The standard InChI is InChI=1S/C18H26N2O/c1-3-8-16-18(21)20(13(2)14-11-7-12-14)17(19-16)15-9-5-4-6-10-15/h4-6,9-10,13-14,16-17,19H,3,7-8,11-12H2,1-2H3. The Morgan fingerprint density at radius 2 is 2.00 bits per heavy atom. The zero-order chi connectivity index (χ0) is 14.8. The van der Waals surface area contributed by atoms with E-state index in [2.05, 4.69) is 48.3 Å². The lowest BCUT2D eigenvalue weighted by Crippen LogP contribution is -2.44. The van der Waals surface area contributed by atoms with Gasteiger partial charge in [-0.25, -0.2) is 0 Å². The average Bonchev–Trinajstić information content (AvgIpc) is 2.76. The van der Waals surface area contributed by atoms with Crippen molar-refractivity contribution >= 4 is 5.91 Å². The van der Waals surface area contributed by atoms with E-state index in [0.717, 1.165) is 12.8 Å². The molecule has 1 amide bonds. The van der Waals surface area contributed by atoms with Crippen LogP contribution in [0.4, 0.5) is 0 Å². The van der Waals surface area contributed by atoms with Crippen LogP contribution in [-0.4, -0.2) is 22.9 Å². The fraction of sp³-hybridized carbons (Fsp3) is 0.611. The predicted octanol–water partition coefficient (Wildman–Crippen LogP) is 3.47. The highest BCUT2D eigenvalue weighted by molar-refractivity contribution is 5.85. The van der Waals surface area contributed by atoms with Gasteiger partial charge in [0.15, 0.2) is 0 Å². The van der Waals surface area contributed by atoms with E-state index in [1.807, 2.05) is 6.07 Å². The summed E-state index contributed by atoms with van der Waals surface area (Å²) in [6, 6.07) is 10.7. The van der Waals surface area contributed by atoms with E-state index in [9.17, 15) is 4.79 Å². The van der Waals surface area contributed by atoms with Crippen molar-refractivity contribution in [3.8, 4) is 0 Å². The molecular weight excluding hydrogens is 260 g/mol. The second-order valence-corrected chi connectivity index (χ2v) is 6.50. The SMILES string of the molecule is CCCC1NC(c2ccccc2)N(C(C)C2CCC2)C1=O. The lowest BCUT2D eigenvalue weighted by atomic mass is 9.79. The van der Waals surface area contributed by atoms with E-state index >= 15 is 0 Å². The molecule has 0 spiro atoms. The lowest BCUT2D eigenvalue weighted by Gasteiger charge is -2.39. The molecule has 21 heavy (non-hydrogen) atoms. The number of amides is 1. The highest BCUT2D eigenvalue weighted by atomic mass is 16.2. The van der Waals surface area contributed by atoms with Crippen molar-refractivity contribution in [3.05, 3.63) is 35.9 Å². The summed E-state index contributed by atoms with van der Waals surface area (Å²) in [7, 11) is 0. The van der Waals surface area contributed by atoms with Gasteiger partial charge in [-0.1, -0.05) is 50.1 Å². The number of hydrogen-bond donors (Lipinski definition) is 1. The van der Waals surface area contributed by atoms with Crippen LogP contribution < -0.4 is 5.32 Å². The van der Waals surface area contributed by atoms with Gasteiger partial charge in [-0.2, -0.15) is 0 Å². The number of rotatable bonds is 5. The van der Waals surface area contributed by atoms with Crippen LogP contribution in [0, 0.1) is 5.92 Å². The van der Waals surface area contributed by atoms with Crippen LogP contribution >= 0.6 is 0 Å². The fourth-order valence-electron chi connectivity index (χ4n) is 3.62. The summed E-state index contributed by atoms with van der Waals surface area (Å²) in [5, 5.41) is 3.57. The van der Waals surface area contributed by atoms with Gasteiger partial charge in [-0.05, 0) is 37.7 Å². The molecule has 3 atom stereocenters. The molecule has 1 saturated heterocycles. The molecule has 1 aromatic carbocycles. The van der Waals surface area contributed by atoms with Crippen molar-refractivity contribution in [1.82, 2.24) is 10.2 Å². The summed E-state index contributed by atoms with van der Waals surface area (Å²) in [6.07, 6.45) is 5.87. The largest absolute Gasteiger partial charge is 0.319 e. The minimum atomic E-state index is -0.0114. The van der Waals surface area contributed by atoms with Crippen molar-refractivity contribution in [2.24, 2.45) is 5.92 Å². The van der Waals surface area contributed by atoms with Crippen LogP contribution in [-0.2, 0) is 4.79 Å². The zero-order valence-corrected chi connectivity index (χ0v) is 13.1. The molecular formula is C18H26N2O. The molecule has 3 unspecified atom stereocenters. The normalized spacial score (nSPS) is 27.7. The number of carbonyl (C=O) groups excluding carboxylic acids is 1. The number of nitrogens with zero attached hydrogens (tertiary/aromatic N) is 1. The van der Waals surface area contributed by atoms with Gasteiger partial charge in [-0.3, -0.25) is 10.1 Å². The maximum absolute atomic E-state index is 12.8. The quantitative estimate of drug-likeness (QED) is 0.899. The van der Waals surface area contributed by atoms with Gasteiger partial charge in [0.2, 0.25) is 5.91 Å². The summed E-state index contributed by atoms with van der Waals surface area (Å²) >= 11 is 0. The minimum Gasteiger partial charge on any atom is -0.319 e. The molecule has 0 radical (unpaired) electrons. The van der Waals surface area contributed by atoms with E-state index < -0.39 is 0 Å². The molecule has 1 aromatic rings. The van der Waals surface area contributed by atoms with E-state index in [1.165, 1.54) is 24.8 Å². The Hall–Kier alpha value is -1.35. The second kappa shape index (κ2) is 6.18. The second-order valence-electron chi connectivity index (χ2n) is 6.50. The van der Waals surface area contributed by atoms with Gasteiger partial charge in [-0.15, -0.1) is 0 Å². The Labute approximate surface area is 127 Å². The third-order valence-electron chi connectivity index (χ3n) is 5.15. The molecule has 3 nitrogen and oxygen atoms in total. The van der Waals surface area contributed by atoms with E-state index in [0.29, 0.717) is 17.9 Å². The van der Waals surface area contributed by atoms with Crippen LogP contribution in [0.2, 0.25) is 0 Å². The Bertz CT molecular complexity index is 483. The highest BCUT2D eigenvalue weighted by Crippen LogP contribution is 2.37. The van der Waals surface area contributed by atoms with Gasteiger partial charge in [0.25, 0.3) is 0 Å². The predicted molar refractivity (Wildman–Crippen MR) is 84.7 cm³/mol. The Kier molecular flexibility index (Phi) is 4.29. The first-order valence-corrected chi connectivity index (χ1v) is 8.35. The molecule has 3 rings (SSSR count). The zero-order valence-electron chi connectivity index (χ0n) is 13.1. The Morgan fingerprint density at radius 1 is 1.29 bits per heavy atom. The lowest BCUT2D eigenvalue weighted by molar-refractivity contribution is -0.134. The Balaban J connectivity index is 1.85. The molecule has 2 aliphatic rings. The molecule has 1 N–H and O–H groups in total. The summed E-state index contributed by atoms with van der Waals surface area (Å²) in [6.45, 7) is 4.37. The molecule has 0 aromatic heterocycles. The highest BCUT2D eigenvalue weighted by Gasteiger charge is 2.44. The summed E-state index contributed by atoms with van der Waals surface area (Å²) < 4.78 is 0. The third kappa shape index (κ3) is 2.71. The summed E-state index contributed by atoms with van der Waals surface area (Å²) in [5.74, 6) is 0.979. The first-order valence-electron chi connectivity index (χ1n) is 8.35. The van der Waals surface area contributed by atoms with Gasteiger partial charge < -0.3 is 4.90 Å². The van der Waals surface area contributed by atoms with Gasteiger partial charge in [0.1, 0.15) is 6.17 Å². The molecule has 1 aliphatic carbocycles. The van der Waals surface area contributed by atoms with Crippen molar-refractivity contribution in [3.63, 3.8) is 0 Å². The van der Waals surface area contributed by atoms with E-state index in [4.69, 9.17) is 0 Å². The third-order valence-corrected chi connectivity index (χ3v) is 5.15. The first kappa shape index (κ1) is 14.6. The van der Waals surface area contributed by atoms with Crippen LogP contribution in [0.1, 0.15) is 57.7 Å². The molecule has 2 fully saturated rings. The first-order chi connectivity index (χ1) is 10.2. The number of carbonyl (C=O) groups is 1. The van der Waals surface area contributed by atoms with Crippen molar-refractivity contribution in [2.45, 2.75) is 64.2 Å². The number of hydrogen-bond acceptors (Lipinski definition) is 2. The van der Waals surface area contributed by atoms with Crippen molar-refractivity contribution in [2.75, 3.05) is 0 Å².